The number of ether oxygens (including phenoxy) is 5. The second-order valence-electron chi connectivity index (χ2n) is 9.98. The van der Waals surface area contributed by atoms with E-state index in [0.717, 1.165) is 64.2 Å². The summed E-state index contributed by atoms with van der Waals surface area (Å²) in [7, 11) is 2.82. The lowest BCUT2D eigenvalue weighted by Gasteiger charge is -2.16. The van der Waals surface area contributed by atoms with Crippen LogP contribution in [0, 0.1) is 23.7 Å². The van der Waals surface area contributed by atoms with Crippen LogP contribution in [0.1, 0.15) is 105 Å². The van der Waals surface area contributed by atoms with Crippen molar-refractivity contribution in [2.75, 3.05) is 40.6 Å². The molecule has 228 valence electrons. The highest BCUT2D eigenvalue weighted by atomic mass is 16.6. The summed E-state index contributed by atoms with van der Waals surface area (Å²) in [6.45, 7) is 8.68. The van der Waals surface area contributed by atoms with E-state index in [1.807, 2.05) is 27.7 Å². The Balaban J connectivity index is 4.02. The number of hydrogen-bond donors (Lipinski definition) is 0. The maximum absolute atomic E-state index is 12.4. The van der Waals surface area contributed by atoms with E-state index in [2.05, 4.69) is 0 Å². The van der Waals surface area contributed by atoms with Crippen molar-refractivity contribution in [1.29, 1.82) is 0 Å². The summed E-state index contributed by atoms with van der Waals surface area (Å²) in [6.07, 6.45) is 9.35. The van der Waals surface area contributed by atoms with Gasteiger partial charge in [-0.15, -0.1) is 0 Å². The van der Waals surface area contributed by atoms with E-state index in [1.54, 1.807) is 0 Å². The second kappa shape index (κ2) is 23.7. The Kier molecular flexibility index (Phi) is 22.4. The largest absolute Gasteiger partial charge is 0.469 e. The first-order valence-electron chi connectivity index (χ1n) is 14.9. The summed E-state index contributed by atoms with van der Waals surface area (Å²) in [6, 6.07) is 0. The number of carbonyl (C=O) groups excluding carboxylic acids is 4. The quantitative estimate of drug-likeness (QED) is 0.0840. The summed E-state index contributed by atoms with van der Waals surface area (Å²) in [5, 5.41) is 0. The molecular formula is C30H54O9. The van der Waals surface area contributed by atoms with Crippen molar-refractivity contribution >= 4 is 23.9 Å². The van der Waals surface area contributed by atoms with Gasteiger partial charge in [-0.3, -0.25) is 19.2 Å². The molecular weight excluding hydrogens is 504 g/mol. The molecule has 0 bridgehead atoms. The van der Waals surface area contributed by atoms with Gasteiger partial charge in [0.25, 0.3) is 0 Å². The average Bonchev–Trinajstić information content (AvgIpc) is 2.95. The van der Waals surface area contributed by atoms with Crippen molar-refractivity contribution in [3.8, 4) is 0 Å². The van der Waals surface area contributed by atoms with Gasteiger partial charge in [0.1, 0.15) is 13.2 Å². The van der Waals surface area contributed by atoms with Crippen molar-refractivity contribution in [2.45, 2.75) is 105 Å². The van der Waals surface area contributed by atoms with Gasteiger partial charge in [0.05, 0.1) is 51.1 Å². The molecule has 0 N–H and O–H groups in total. The minimum absolute atomic E-state index is 0.0794. The fourth-order valence-electron chi connectivity index (χ4n) is 4.59. The molecule has 0 rings (SSSR count). The van der Waals surface area contributed by atoms with Crippen molar-refractivity contribution in [3.63, 3.8) is 0 Å². The van der Waals surface area contributed by atoms with Crippen molar-refractivity contribution in [3.05, 3.63) is 0 Å². The van der Waals surface area contributed by atoms with Crippen molar-refractivity contribution in [1.82, 2.24) is 0 Å². The Morgan fingerprint density at radius 2 is 0.744 bits per heavy atom. The predicted molar refractivity (Wildman–Crippen MR) is 149 cm³/mol. The summed E-state index contributed by atoms with van der Waals surface area (Å²) >= 11 is 0. The van der Waals surface area contributed by atoms with Crippen LogP contribution >= 0.6 is 0 Å². The number of rotatable bonds is 24. The maximum Gasteiger partial charge on any atom is 0.308 e. The zero-order chi connectivity index (χ0) is 29.5. The molecule has 0 heterocycles. The van der Waals surface area contributed by atoms with Crippen LogP contribution in [0.5, 0.6) is 0 Å². The molecule has 0 fully saturated rings. The van der Waals surface area contributed by atoms with Crippen LogP contribution < -0.4 is 0 Å². The molecule has 9 nitrogen and oxygen atoms in total. The normalized spacial score (nSPS) is 14.1. The van der Waals surface area contributed by atoms with E-state index >= 15 is 0 Å². The van der Waals surface area contributed by atoms with Gasteiger partial charge in [-0.2, -0.15) is 0 Å². The Morgan fingerprint density at radius 1 is 0.462 bits per heavy atom. The molecule has 0 aromatic carbocycles. The number of carbonyl (C=O) groups is 4. The zero-order valence-corrected chi connectivity index (χ0v) is 25.3. The molecule has 0 radical (unpaired) electrons. The van der Waals surface area contributed by atoms with Gasteiger partial charge >= 0.3 is 23.9 Å². The van der Waals surface area contributed by atoms with Crippen LogP contribution in [0.2, 0.25) is 0 Å². The molecule has 0 aromatic heterocycles. The second-order valence-corrected chi connectivity index (χ2v) is 9.98. The third-order valence-corrected chi connectivity index (χ3v) is 7.36. The Hall–Kier alpha value is -2.16. The van der Waals surface area contributed by atoms with Gasteiger partial charge in [0.15, 0.2) is 0 Å². The first-order valence-corrected chi connectivity index (χ1v) is 14.9. The van der Waals surface area contributed by atoms with Crippen LogP contribution in [-0.4, -0.2) is 64.5 Å². The van der Waals surface area contributed by atoms with Gasteiger partial charge in [0, 0.05) is 0 Å². The Bertz CT molecular complexity index is 623. The van der Waals surface area contributed by atoms with Crippen molar-refractivity contribution < 1.29 is 42.9 Å². The van der Waals surface area contributed by atoms with Gasteiger partial charge in [0.2, 0.25) is 0 Å². The van der Waals surface area contributed by atoms with E-state index in [4.69, 9.17) is 23.7 Å². The fraction of sp³-hybridized carbons (Fsp3) is 0.867. The van der Waals surface area contributed by atoms with E-state index in [1.165, 1.54) is 14.2 Å². The molecule has 0 aliphatic heterocycles. The summed E-state index contributed by atoms with van der Waals surface area (Å²) in [5.41, 5.74) is 0. The summed E-state index contributed by atoms with van der Waals surface area (Å²) < 4.78 is 25.8. The predicted octanol–water partition coefficient (Wildman–Crippen LogP) is 5.66. The lowest BCUT2D eigenvalue weighted by Crippen LogP contribution is -2.22. The Labute approximate surface area is 236 Å². The molecule has 4 atom stereocenters. The Morgan fingerprint density at radius 3 is 1.00 bits per heavy atom. The van der Waals surface area contributed by atoms with Gasteiger partial charge < -0.3 is 23.7 Å². The highest BCUT2D eigenvalue weighted by Gasteiger charge is 2.21. The third-order valence-electron chi connectivity index (χ3n) is 7.36. The molecule has 0 aromatic rings. The highest BCUT2D eigenvalue weighted by molar-refractivity contribution is 5.73. The molecule has 9 heteroatoms. The molecule has 0 aliphatic rings. The molecule has 0 saturated heterocycles. The summed E-state index contributed by atoms with van der Waals surface area (Å²) in [4.78, 5) is 48.1. The topological polar surface area (TPSA) is 114 Å². The molecule has 0 aliphatic carbocycles. The van der Waals surface area contributed by atoms with Crippen LogP contribution in [-0.2, 0) is 42.9 Å². The van der Waals surface area contributed by atoms with Crippen molar-refractivity contribution in [2.24, 2.45) is 23.7 Å². The molecule has 39 heavy (non-hydrogen) atoms. The maximum atomic E-state index is 12.4. The van der Waals surface area contributed by atoms with Crippen LogP contribution in [0.3, 0.4) is 0 Å². The third kappa shape index (κ3) is 16.5. The lowest BCUT2D eigenvalue weighted by atomic mass is 9.94. The summed E-state index contributed by atoms with van der Waals surface area (Å²) in [5.74, 6) is -1.28. The number of unbranched alkanes of at least 4 members (excludes halogenated alkanes) is 2. The molecule has 0 saturated carbocycles. The van der Waals surface area contributed by atoms with E-state index in [0.29, 0.717) is 12.8 Å². The van der Waals surface area contributed by atoms with E-state index in [9.17, 15) is 19.2 Å². The first-order chi connectivity index (χ1) is 18.8. The smallest absolute Gasteiger partial charge is 0.308 e. The van der Waals surface area contributed by atoms with Crippen LogP contribution in [0.4, 0.5) is 0 Å². The molecule has 0 spiro atoms. The number of esters is 4. The zero-order valence-electron chi connectivity index (χ0n) is 25.3. The van der Waals surface area contributed by atoms with Crippen LogP contribution in [0.15, 0.2) is 0 Å². The average molecular weight is 559 g/mol. The molecule has 4 unspecified atom stereocenters. The van der Waals surface area contributed by atoms with E-state index < -0.39 is 0 Å². The van der Waals surface area contributed by atoms with Crippen LogP contribution in [0.25, 0.3) is 0 Å². The number of methoxy groups -OCH3 is 2. The minimum Gasteiger partial charge on any atom is -0.469 e. The fourth-order valence-corrected chi connectivity index (χ4v) is 4.59. The first kappa shape index (κ1) is 36.8. The van der Waals surface area contributed by atoms with Gasteiger partial charge in [-0.25, -0.2) is 0 Å². The molecule has 0 amide bonds. The van der Waals surface area contributed by atoms with Gasteiger partial charge in [-0.05, 0) is 51.4 Å². The monoisotopic (exact) mass is 558 g/mol. The SMILES string of the molecule is CCC(CCCCC(CC)C(=O)OCCOCCOC(=O)C(CC)CCCCC(CC)C(=O)OC)C(=O)OC. The minimum atomic E-state index is -0.227. The number of hydrogen-bond acceptors (Lipinski definition) is 9. The highest BCUT2D eigenvalue weighted by Crippen LogP contribution is 2.21. The van der Waals surface area contributed by atoms with E-state index in [-0.39, 0.29) is 74.0 Å². The lowest BCUT2D eigenvalue weighted by molar-refractivity contribution is -0.152. The van der Waals surface area contributed by atoms with Gasteiger partial charge in [-0.1, -0.05) is 53.4 Å². The standard InChI is InChI=1S/C30H54O9/c1-7-23(27(31)35-5)15-11-13-17-25(9-3)29(33)38-21-19-37-20-22-39-30(34)26(10-4)18-14-12-16-24(8-2)28(32)36-6/h23-26H,7-22H2,1-6H3.